The minimum absolute atomic E-state index is 0.165. The second-order valence-corrected chi connectivity index (χ2v) is 3.11. The Kier molecular flexibility index (Phi) is 6.44. The minimum Gasteiger partial charge on any atom is -0.481 e. The third kappa shape index (κ3) is 7.32. The van der Waals surface area contributed by atoms with Gasteiger partial charge in [-0.05, 0) is 19.8 Å². The van der Waals surface area contributed by atoms with Crippen molar-refractivity contribution in [3.63, 3.8) is 0 Å². The summed E-state index contributed by atoms with van der Waals surface area (Å²) in [7, 11) is 0. The van der Waals surface area contributed by atoms with Crippen molar-refractivity contribution < 1.29 is 9.90 Å². The van der Waals surface area contributed by atoms with Gasteiger partial charge in [-0.1, -0.05) is 31.4 Å². The maximum Gasteiger partial charge on any atom is 0.307 e. The summed E-state index contributed by atoms with van der Waals surface area (Å²) in [6, 6.07) is 0. The predicted octanol–water partition coefficient (Wildman–Crippen LogP) is 2.99. The van der Waals surface area contributed by atoms with Crippen LogP contribution in [0.2, 0.25) is 0 Å². The van der Waals surface area contributed by atoms with Gasteiger partial charge in [0.1, 0.15) is 0 Å². The van der Waals surface area contributed by atoms with Crippen molar-refractivity contribution in [1.29, 1.82) is 0 Å². The van der Waals surface area contributed by atoms with Crippen molar-refractivity contribution in [2.75, 3.05) is 0 Å². The summed E-state index contributed by atoms with van der Waals surface area (Å²) in [5, 5.41) is 8.39. The van der Waals surface area contributed by atoms with Crippen LogP contribution in [0.25, 0.3) is 0 Å². The standard InChI is InChI=1S/C10H18O2/c1-3-4-5-6-9(2)7-8-10(11)12/h7H,3-6,8H2,1-2H3,(H,11,12)/b9-7-. The summed E-state index contributed by atoms with van der Waals surface area (Å²) in [5.41, 5.74) is 1.20. The van der Waals surface area contributed by atoms with Gasteiger partial charge in [0.05, 0.1) is 6.42 Å². The molecule has 0 radical (unpaired) electrons. The molecule has 0 spiro atoms. The van der Waals surface area contributed by atoms with Crippen LogP contribution in [0.5, 0.6) is 0 Å². The number of allylic oxidation sites excluding steroid dienone is 1. The first-order valence-corrected chi connectivity index (χ1v) is 4.54. The van der Waals surface area contributed by atoms with E-state index in [1.807, 2.05) is 6.92 Å². The van der Waals surface area contributed by atoms with E-state index >= 15 is 0 Å². The van der Waals surface area contributed by atoms with Crippen LogP contribution in [0.3, 0.4) is 0 Å². The molecule has 0 saturated heterocycles. The quantitative estimate of drug-likeness (QED) is 0.491. The summed E-state index contributed by atoms with van der Waals surface area (Å²) in [5.74, 6) is -0.746. The Morgan fingerprint density at radius 2 is 2.08 bits per heavy atom. The maximum absolute atomic E-state index is 10.2. The molecule has 1 N–H and O–H groups in total. The highest BCUT2D eigenvalue weighted by Crippen LogP contribution is 2.08. The summed E-state index contributed by atoms with van der Waals surface area (Å²) in [6.07, 6.45) is 6.64. The Bertz CT molecular complexity index is 159. The van der Waals surface area contributed by atoms with Crippen LogP contribution in [0, 0.1) is 0 Å². The third-order valence-corrected chi connectivity index (χ3v) is 1.80. The topological polar surface area (TPSA) is 37.3 Å². The monoisotopic (exact) mass is 170 g/mol. The highest BCUT2D eigenvalue weighted by Gasteiger charge is 1.93. The number of carbonyl (C=O) groups is 1. The zero-order valence-corrected chi connectivity index (χ0v) is 7.97. The zero-order valence-electron chi connectivity index (χ0n) is 7.97. The molecular formula is C10H18O2. The van der Waals surface area contributed by atoms with Crippen molar-refractivity contribution >= 4 is 5.97 Å². The van der Waals surface area contributed by atoms with Crippen LogP contribution in [-0.4, -0.2) is 11.1 Å². The van der Waals surface area contributed by atoms with Gasteiger partial charge in [-0.2, -0.15) is 0 Å². The van der Waals surface area contributed by atoms with Gasteiger partial charge in [0.25, 0.3) is 0 Å². The van der Waals surface area contributed by atoms with Crippen molar-refractivity contribution in [3.05, 3.63) is 11.6 Å². The summed E-state index contributed by atoms with van der Waals surface area (Å²) >= 11 is 0. The van der Waals surface area contributed by atoms with Gasteiger partial charge in [0.2, 0.25) is 0 Å². The van der Waals surface area contributed by atoms with Gasteiger partial charge >= 0.3 is 5.97 Å². The molecule has 0 atom stereocenters. The fourth-order valence-corrected chi connectivity index (χ4v) is 1.02. The van der Waals surface area contributed by atoms with Crippen LogP contribution in [0.15, 0.2) is 11.6 Å². The molecule has 0 unspecified atom stereocenters. The fraction of sp³-hybridized carbons (Fsp3) is 0.700. The average molecular weight is 170 g/mol. The molecular weight excluding hydrogens is 152 g/mol. The van der Waals surface area contributed by atoms with E-state index in [0.717, 1.165) is 6.42 Å². The van der Waals surface area contributed by atoms with E-state index in [2.05, 4.69) is 6.92 Å². The molecule has 0 heterocycles. The number of aliphatic carboxylic acids is 1. The Morgan fingerprint density at radius 3 is 2.58 bits per heavy atom. The molecule has 0 aromatic carbocycles. The smallest absolute Gasteiger partial charge is 0.307 e. The van der Waals surface area contributed by atoms with E-state index in [0.29, 0.717) is 0 Å². The first kappa shape index (κ1) is 11.2. The zero-order chi connectivity index (χ0) is 9.40. The van der Waals surface area contributed by atoms with Crippen molar-refractivity contribution in [2.24, 2.45) is 0 Å². The molecule has 2 heteroatoms. The molecule has 70 valence electrons. The van der Waals surface area contributed by atoms with Gasteiger partial charge in [-0.15, -0.1) is 0 Å². The predicted molar refractivity (Wildman–Crippen MR) is 50.2 cm³/mol. The number of carboxylic acid groups (broad SMARTS) is 1. The largest absolute Gasteiger partial charge is 0.481 e. The molecule has 0 aliphatic rings. The molecule has 0 aliphatic carbocycles. The van der Waals surface area contributed by atoms with Crippen LogP contribution in [0.1, 0.15) is 46.0 Å². The molecule has 0 rings (SSSR count). The van der Waals surface area contributed by atoms with Gasteiger partial charge in [-0.3, -0.25) is 4.79 Å². The van der Waals surface area contributed by atoms with Gasteiger partial charge in [0.15, 0.2) is 0 Å². The highest BCUT2D eigenvalue weighted by atomic mass is 16.4. The molecule has 0 fully saturated rings. The molecule has 0 saturated carbocycles. The molecule has 0 aliphatic heterocycles. The van der Waals surface area contributed by atoms with Gasteiger partial charge < -0.3 is 5.11 Å². The molecule has 0 amide bonds. The van der Waals surface area contributed by atoms with E-state index < -0.39 is 5.97 Å². The third-order valence-electron chi connectivity index (χ3n) is 1.80. The lowest BCUT2D eigenvalue weighted by atomic mass is 10.1. The van der Waals surface area contributed by atoms with Crippen molar-refractivity contribution in [2.45, 2.75) is 46.0 Å². The number of rotatable bonds is 6. The van der Waals surface area contributed by atoms with Crippen molar-refractivity contribution in [3.8, 4) is 0 Å². The van der Waals surface area contributed by atoms with Gasteiger partial charge in [-0.25, -0.2) is 0 Å². The Hall–Kier alpha value is -0.790. The van der Waals surface area contributed by atoms with Crippen LogP contribution in [0.4, 0.5) is 0 Å². The summed E-state index contributed by atoms with van der Waals surface area (Å²) in [6.45, 7) is 4.16. The molecule has 0 aromatic rings. The van der Waals surface area contributed by atoms with Crippen molar-refractivity contribution in [1.82, 2.24) is 0 Å². The summed E-state index contributed by atoms with van der Waals surface area (Å²) in [4.78, 5) is 10.2. The van der Waals surface area contributed by atoms with E-state index in [-0.39, 0.29) is 6.42 Å². The average Bonchev–Trinajstić information content (AvgIpc) is 2.01. The van der Waals surface area contributed by atoms with Crippen LogP contribution < -0.4 is 0 Å². The lowest BCUT2D eigenvalue weighted by Gasteiger charge is -1.98. The molecule has 12 heavy (non-hydrogen) atoms. The Balaban J connectivity index is 3.49. The Morgan fingerprint density at radius 1 is 1.42 bits per heavy atom. The highest BCUT2D eigenvalue weighted by molar-refractivity contribution is 5.68. The minimum atomic E-state index is -0.746. The maximum atomic E-state index is 10.2. The van der Waals surface area contributed by atoms with E-state index in [9.17, 15) is 4.79 Å². The summed E-state index contributed by atoms with van der Waals surface area (Å²) < 4.78 is 0. The molecule has 0 aromatic heterocycles. The number of hydrogen-bond donors (Lipinski definition) is 1. The number of carboxylic acids is 1. The number of unbranched alkanes of at least 4 members (excludes halogenated alkanes) is 2. The van der Waals surface area contributed by atoms with E-state index in [1.165, 1.54) is 24.8 Å². The SMILES string of the molecule is CCCCC/C(C)=C\CC(=O)O. The van der Waals surface area contributed by atoms with E-state index in [1.54, 1.807) is 6.08 Å². The normalized spacial score (nSPS) is 11.7. The molecule has 0 bridgehead atoms. The lowest BCUT2D eigenvalue weighted by Crippen LogP contribution is -1.91. The second-order valence-electron chi connectivity index (χ2n) is 3.11. The number of hydrogen-bond acceptors (Lipinski definition) is 1. The first-order chi connectivity index (χ1) is 5.66. The lowest BCUT2D eigenvalue weighted by molar-refractivity contribution is -0.136. The first-order valence-electron chi connectivity index (χ1n) is 4.54. The van der Waals surface area contributed by atoms with Crippen LogP contribution >= 0.6 is 0 Å². The Labute approximate surface area is 74.3 Å². The molecule has 2 nitrogen and oxygen atoms in total. The fourth-order valence-electron chi connectivity index (χ4n) is 1.02. The van der Waals surface area contributed by atoms with Crippen LogP contribution in [-0.2, 0) is 4.79 Å². The van der Waals surface area contributed by atoms with Gasteiger partial charge in [0, 0.05) is 0 Å². The second kappa shape index (κ2) is 6.89. The van der Waals surface area contributed by atoms with E-state index in [4.69, 9.17) is 5.11 Å².